The summed E-state index contributed by atoms with van der Waals surface area (Å²) < 4.78 is 0. The number of imide groups is 1. The fourth-order valence-corrected chi connectivity index (χ4v) is 3.58. The average Bonchev–Trinajstić information content (AvgIpc) is 2.90. The number of carbonyl (C=O) groups excluding carboxylic acids is 3. The van der Waals surface area contributed by atoms with Crippen molar-refractivity contribution in [1.29, 1.82) is 0 Å². The molecule has 1 aromatic heterocycles. The number of hydrogen-bond donors (Lipinski definition) is 1. The number of nitrogens with one attached hydrogen (secondary N) is 1. The topological polar surface area (TPSA) is 66.5 Å². The number of likely N-dealkylation sites (tertiary alicyclic amines) is 1. The fourth-order valence-electron chi connectivity index (χ4n) is 2.56. The van der Waals surface area contributed by atoms with Crippen molar-refractivity contribution in [3.63, 3.8) is 0 Å². The zero-order valence-corrected chi connectivity index (χ0v) is 13.4. The number of amides is 3. The first kappa shape index (κ1) is 15.7. The SMILES string of the molecule is Cc1cc(C(C)NC(=O)CCN2C(=O)CCC2=O)c(C)s1. The second-order valence-electron chi connectivity index (χ2n) is 5.35. The highest BCUT2D eigenvalue weighted by Crippen LogP contribution is 2.26. The molecule has 3 amide bonds. The van der Waals surface area contributed by atoms with E-state index in [1.165, 1.54) is 14.7 Å². The third kappa shape index (κ3) is 3.69. The highest BCUT2D eigenvalue weighted by atomic mass is 32.1. The average molecular weight is 308 g/mol. The Morgan fingerprint density at radius 1 is 1.33 bits per heavy atom. The predicted molar refractivity (Wildman–Crippen MR) is 80.9 cm³/mol. The first-order valence-electron chi connectivity index (χ1n) is 7.08. The van der Waals surface area contributed by atoms with E-state index in [1.807, 2.05) is 20.8 Å². The van der Waals surface area contributed by atoms with Crippen molar-refractivity contribution in [2.45, 2.75) is 46.1 Å². The molecule has 1 aromatic rings. The molecule has 6 heteroatoms. The van der Waals surface area contributed by atoms with Gasteiger partial charge in [-0.25, -0.2) is 0 Å². The number of thiophene rings is 1. The second-order valence-corrected chi connectivity index (χ2v) is 6.81. The number of hydrogen-bond acceptors (Lipinski definition) is 4. The fraction of sp³-hybridized carbons (Fsp3) is 0.533. The van der Waals surface area contributed by atoms with Crippen LogP contribution in [0.4, 0.5) is 0 Å². The Labute approximate surface area is 128 Å². The lowest BCUT2D eigenvalue weighted by Gasteiger charge is -2.16. The molecule has 21 heavy (non-hydrogen) atoms. The monoisotopic (exact) mass is 308 g/mol. The molecule has 1 atom stereocenters. The number of aryl methyl sites for hydroxylation is 2. The molecule has 1 fully saturated rings. The molecule has 0 saturated carbocycles. The minimum absolute atomic E-state index is 0.0626. The molecule has 0 aliphatic carbocycles. The van der Waals surface area contributed by atoms with Crippen LogP contribution in [-0.4, -0.2) is 29.2 Å². The minimum Gasteiger partial charge on any atom is -0.349 e. The quantitative estimate of drug-likeness (QED) is 0.847. The molecule has 0 aromatic carbocycles. The molecule has 1 saturated heterocycles. The van der Waals surface area contributed by atoms with Crippen LogP contribution in [0.2, 0.25) is 0 Å². The molecule has 0 radical (unpaired) electrons. The first-order chi connectivity index (χ1) is 9.88. The molecule has 0 bridgehead atoms. The van der Waals surface area contributed by atoms with Crippen molar-refractivity contribution in [1.82, 2.24) is 10.2 Å². The minimum atomic E-state index is -0.176. The van der Waals surface area contributed by atoms with Gasteiger partial charge in [0.2, 0.25) is 17.7 Å². The van der Waals surface area contributed by atoms with Crippen LogP contribution < -0.4 is 5.32 Å². The molecule has 0 spiro atoms. The maximum absolute atomic E-state index is 12.0. The van der Waals surface area contributed by atoms with E-state index in [0.29, 0.717) is 0 Å². The summed E-state index contributed by atoms with van der Waals surface area (Å²) in [6.45, 7) is 6.20. The van der Waals surface area contributed by atoms with Crippen molar-refractivity contribution < 1.29 is 14.4 Å². The summed E-state index contributed by atoms with van der Waals surface area (Å²) >= 11 is 1.71. The van der Waals surface area contributed by atoms with Crippen LogP contribution in [0, 0.1) is 13.8 Å². The smallest absolute Gasteiger partial charge is 0.229 e. The Morgan fingerprint density at radius 3 is 2.48 bits per heavy atom. The van der Waals surface area contributed by atoms with Gasteiger partial charge in [-0.1, -0.05) is 0 Å². The van der Waals surface area contributed by atoms with Crippen molar-refractivity contribution in [3.05, 3.63) is 21.4 Å². The maximum Gasteiger partial charge on any atom is 0.229 e. The summed E-state index contributed by atoms with van der Waals surface area (Å²) in [6.07, 6.45) is 0.693. The Kier molecular flexibility index (Phi) is 4.77. The third-order valence-corrected chi connectivity index (χ3v) is 4.62. The van der Waals surface area contributed by atoms with Gasteiger partial charge in [0, 0.05) is 35.6 Å². The van der Waals surface area contributed by atoms with Crippen LogP contribution in [0.3, 0.4) is 0 Å². The summed E-state index contributed by atoms with van der Waals surface area (Å²) in [5.41, 5.74) is 1.12. The predicted octanol–water partition coefficient (Wildman–Crippen LogP) is 2.08. The molecule has 1 unspecified atom stereocenters. The molecular formula is C15H20N2O3S. The van der Waals surface area contributed by atoms with Crippen molar-refractivity contribution >= 4 is 29.1 Å². The molecule has 1 N–H and O–H groups in total. The van der Waals surface area contributed by atoms with Crippen molar-refractivity contribution in [2.75, 3.05) is 6.54 Å². The summed E-state index contributed by atoms with van der Waals surface area (Å²) in [5.74, 6) is -0.492. The Balaban J connectivity index is 1.86. The Bertz CT molecular complexity index is 563. The van der Waals surface area contributed by atoms with Gasteiger partial charge < -0.3 is 5.32 Å². The van der Waals surface area contributed by atoms with E-state index in [0.717, 1.165) is 5.56 Å². The number of rotatable bonds is 5. The van der Waals surface area contributed by atoms with Crippen molar-refractivity contribution in [2.24, 2.45) is 0 Å². The van der Waals surface area contributed by atoms with Crippen LogP contribution in [-0.2, 0) is 14.4 Å². The largest absolute Gasteiger partial charge is 0.349 e. The van der Waals surface area contributed by atoms with E-state index >= 15 is 0 Å². The first-order valence-corrected chi connectivity index (χ1v) is 7.89. The summed E-state index contributed by atoms with van der Waals surface area (Å²) in [7, 11) is 0. The molecule has 2 heterocycles. The summed E-state index contributed by atoms with van der Waals surface area (Å²) in [4.78, 5) is 38.5. The van der Waals surface area contributed by atoms with E-state index < -0.39 is 0 Å². The lowest BCUT2D eigenvalue weighted by atomic mass is 10.1. The van der Waals surface area contributed by atoms with E-state index in [4.69, 9.17) is 0 Å². The molecule has 5 nitrogen and oxygen atoms in total. The van der Waals surface area contributed by atoms with Crippen molar-refractivity contribution in [3.8, 4) is 0 Å². The van der Waals surface area contributed by atoms with Crippen LogP contribution in [0.25, 0.3) is 0 Å². The normalized spacial score (nSPS) is 16.4. The van der Waals surface area contributed by atoms with E-state index in [-0.39, 0.29) is 49.6 Å². The van der Waals surface area contributed by atoms with E-state index in [9.17, 15) is 14.4 Å². The number of nitrogens with zero attached hydrogens (tertiary/aromatic N) is 1. The molecular weight excluding hydrogens is 288 g/mol. The Hall–Kier alpha value is -1.69. The van der Waals surface area contributed by atoms with E-state index in [2.05, 4.69) is 11.4 Å². The van der Waals surface area contributed by atoms with Gasteiger partial charge in [0.25, 0.3) is 0 Å². The molecule has 1 aliphatic heterocycles. The van der Waals surface area contributed by atoms with Gasteiger partial charge in [0.1, 0.15) is 0 Å². The van der Waals surface area contributed by atoms with Gasteiger partial charge in [-0.05, 0) is 32.4 Å². The Morgan fingerprint density at radius 2 is 1.95 bits per heavy atom. The third-order valence-electron chi connectivity index (χ3n) is 3.64. The standard InChI is InChI=1S/C15H20N2O3S/c1-9-8-12(11(3)21-9)10(2)16-13(18)6-7-17-14(19)4-5-15(17)20/h8,10H,4-7H2,1-3H3,(H,16,18). The lowest BCUT2D eigenvalue weighted by molar-refractivity contribution is -0.138. The van der Waals surface area contributed by atoms with E-state index in [1.54, 1.807) is 11.3 Å². The van der Waals surface area contributed by atoms with Gasteiger partial charge in [0.05, 0.1) is 6.04 Å². The maximum atomic E-state index is 12.0. The second kappa shape index (κ2) is 6.39. The summed E-state index contributed by atoms with van der Waals surface area (Å²) in [5, 5.41) is 2.92. The van der Waals surface area contributed by atoms with Gasteiger partial charge in [-0.15, -0.1) is 11.3 Å². The molecule has 2 rings (SSSR count). The molecule has 114 valence electrons. The number of carbonyl (C=O) groups is 3. The van der Waals surface area contributed by atoms with Crippen LogP contribution in [0.5, 0.6) is 0 Å². The lowest BCUT2D eigenvalue weighted by Crippen LogP contribution is -2.34. The van der Waals surface area contributed by atoms with Gasteiger partial charge >= 0.3 is 0 Å². The van der Waals surface area contributed by atoms with Gasteiger partial charge in [-0.3, -0.25) is 19.3 Å². The molecule has 1 aliphatic rings. The zero-order valence-electron chi connectivity index (χ0n) is 12.6. The van der Waals surface area contributed by atoms with Gasteiger partial charge in [-0.2, -0.15) is 0 Å². The van der Waals surface area contributed by atoms with Gasteiger partial charge in [0.15, 0.2) is 0 Å². The highest BCUT2D eigenvalue weighted by molar-refractivity contribution is 7.12. The van der Waals surface area contributed by atoms with Crippen LogP contribution in [0.1, 0.15) is 47.5 Å². The van der Waals surface area contributed by atoms with Crippen LogP contribution in [0.15, 0.2) is 6.07 Å². The highest BCUT2D eigenvalue weighted by Gasteiger charge is 2.28. The van der Waals surface area contributed by atoms with Crippen LogP contribution >= 0.6 is 11.3 Å². The summed E-state index contributed by atoms with van der Waals surface area (Å²) in [6, 6.07) is 2.02. The zero-order chi connectivity index (χ0) is 15.6.